The number of rotatable bonds is 7. The van der Waals surface area contributed by atoms with Crippen LogP contribution in [0.3, 0.4) is 0 Å². The molecular formula is C21H26N8O2. The van der Waals surface area contributed by atoms with E-state index in [9.17, 15) is 9.59 Å². The average Bonchev–Trinajstić information content (AvgIpc) is 3.35. The third kappa shape index (κ3) is 4.96. The summed E-state index contributed by atoms with van der Waals surface area (Å²) in [6.07, 6.45) is 10.8. The van der Waals surface area contributed by atoms with E-state index in [2.05, 4.69) is 30.2 Å². The van der Waals surface area contributed by atoms with E-state index in [0.29, 0.717) is 19.6 Å². The van der Waals surface area contributed by atoms with Gasteiger partial charge in [0, 0.05) is 56.4 Å². The first-order chi connectivity index (χ1) is 15.1. The first-order valence-corrected chi connectivity index (χ1v) is 10.5. The molecule has 1 aliphatic heterocycles. The third-order valence-electron chi connectivity index (χ3n) is 5.47. The van der Waals surface area contributed by atoms with Crippen molar-refractivity contribution in [2.45, 2.75) is 32.7 Å². The van der Waals surface area contributed by atoms with Gasteiger partial charge < -0.3 is 10.2 Å². The van der Waals surface area contributed by atoms with Gasteiger partial charge in [-0.1, -0.05) is 6.92 Å². The number of aromatic nitrogens is 6. The second-order valence-electron chi connectivity index (χ2n) is 7.55. The van der Waals surface area contributed by atoms with Gasteiger partial charge in [-0.2, -0.15) is 0 Å². The highest BCUT2D eigenvalue weighted by Gasteiger charge is 2.26. The standard InChI is InChI=1S/C21H26N8O2/c1-2-17-10-20(30)29(15-26-17)9-6-23-21(31)16-4-3-7-27(12-16)18-11-19(25-13-24-18)28-8-5-22-14-28/h5,8,10-11,13-16H,2-4,6-7,9,12H2,1H3,(H,23,31). The summed E-state index contributed by atoms with van der Waals surface area (Å²) in [5.41, 5.74) is 0.677. The fraction of sp³-hybridized carbons (Fsp3) is 0.429. The Balaban J connectivity index is 1.34. The Hall–Kier alpha value is -3.56. The van der Waals surface area contributed by atoms with Crippen molar-refractivity contribution in [3.8, 4) is 5.82 Å². The molecule has 4 rings (SSSR count). The molecule has 10 heteroatoms. The highest BCUT2D eigenvalue weighted by Crippen LogP contribution is 2.22. The van der Waals surface area contributed by atoms with E-state index in [1.165, 1.54) is 10.9 Å². The summed E-state index contributed by atoms with van der Waals surface area (Å²) in [6.45, 7) is 4.19. The van der Waals surface area contributed by atoms with E-state index >= 15 is 0 Å². The molecule has 4 heterocycles. The normalized spacial score (nSPS) is 16.3. The van der Waals surface area contributed by atoms with Crippen LogP contribution >= 0.6 is 0 Å². The minimum atomic E-state index is -0.127. The Morgan fingerprint density at radius 3 is 2.84 bits per heavy atom. The lowest BCUT2D eigenvalue weighted by atomic mass is 9.97. The van der Waals surface area contributed by atoms with Crippen molar-refractivity contribution in [2.24, 2.45) is 5.92 Å². The number of carbonyl (C=O) groups is 1. The lowest BCUT2D eigenvalue weighted by molar-refractivity contribution is -0.125. The average molecular weight is 422 g/mol. The van der Waals surface area contributed by atoms with Crippen LogP contribution in [0.5, 0.6) is 0 Å². The fourth-order valence-corrected chi connectivity index (χ4v) is 3.71. The first-order valence-electron chi connectivity index (χ1n) is 10.5. The maximum absolute atomic E-state index is 12.7. The molecule has 31 heavy (non-hydrogen) atoms. The van der Waals surface area contributed by atoms with Crippen LogP contribution in [0.2, 0.25) is 0 Å². The van der Waals surface area contributed by atoms with Crippen molar-refractivity contribution >= 4 is 11.7 Å². The van der Waals surface area contributed by atoms with Gasteiger partial charge >= 0.3 is 0 Å². The molecule has 1 N–H and O–H groups in total. The van der Waals surface area contributed by atoms with Gasteiger partial charge in [-0.15, -0.1) is 0 Å². The summed E-state index contributed by atoms with van der Waals surface area (Å²) in [5, 5.41) is 2.96. The number of imidazole rings is 1. The van der Waals surface area contributed by atoms with Crippen LogP contribution in [0.25, 0.3) is 5.82 Å². The number of carbonyl (C=O) groups excluding carboxylic acids is 1. The number of nitrogens with one attached hydrogen (secondary N) is 1. The summed E-state index contributed by atoms with van der Waals surface area (Å²) < 4.78 is 3.34. The van der Waals surface area contributed by atoms with Gasteiger partial charge in [0.2, 0.25) is 5.91 Å². The molecule has 0 aliphatic carbocycles. The van der Waals surface area contributed by atoms with Crippen molar-refractivity contribution in [2.75, 3.05) is 24.5 Å². The molecular weight excluding hydrogens is 396 g/mol. The molecule has 1 aliphatic rings. The SMILES string of the molecule is CCc1cc(=O)n(CCNC(=O)C2CCCN(c3cc(-n4ccnc4)ncn3)C2)cn1. The summed E-state index contributed by atoms with van der Waals surface area (Å²) in [6, 6.07) is 3.45. The maximum Gasteiger partial charge on any atom is 0.253 e. The minimum absolute atomic E-state index is 0.000208. The van der Waals surface area contributed by atoms with Crippen LogP contribution in [0.1, 0.15) is 25.5 Å². The molecule has 10 nitrogen and oxygen atoms in total. The van der Waals surface area contributed by atoms with E-state index in [1.54, 1.807) is 24.9 Å². The zero-order valence-electron chi connectivity index (χ0n) is 17.5. The lowest BCUT2D eigenvalue weighted by Gasteiger charge is -2.33. The molecule has 3 aromatic rings. The molecule has 1 amide bonds. The van der Waals surface area contributed by atoms with E-state index in [1.807, 2.05) is 23.8 Å². The predicted molar refractivity (Wildman–Crippen MR) is 115 cm³/mol. The number of nitrogens with zero attached hydrogens (tertiary/aromatic N) is 7. The van der Waals surface area contributed by atoms with Crippen molar-refractivity contribution in [3.05, 3.63) is 59.6 Å². The molecule has 0 radical (unpaired) electrons. The van der Waals surface area contributed by atoms with Gasteiger partial charge in [-0.05, 0) is 19.3 Å². The van der Waals surface area contributed by atoms with Crippen LogP contribution < -0.4 is 15.8 Å². The summed E-state index contributed by atoms with van der Waals surface area (Å²) in [7, 11) is 0. The van der Waals surface area contributed by atoms with E-state index in [-0.39, 0.29) is 17.4 Å². The summed E-state index contributed by atoms with van der Waals surface area (Å²) in [4.78, 5) is 43.9. The topological polar surface area (TPSA) is 111 Å². The first kappa shape index (κ1) is 20.7. The number of piperidine rings is 1. The summed E-state index contributed by atoms with van der Waals surface area (Å²) >= 11 is 0. The van der Waals surface area contributed by atoms with Gasteiger partial charge in [0.15, 0.2) is 0 Å². The van der Waals surface area contributed by atoms with Crippen LogP contribution in [0, 0.1) is 5.92 Å². The van der Waals surface area contributed by atoms with Crippen molar-refractivity contribution < 1.29 is 4.79 Å². The lowest BCUT2D eigenvalue weighted by Crippen LogP contribution is -2.44. The molecule has 1 fully saturated rings. The van der Waals surface area contributed by atoms with Crippen molar-refractivity contribution in [1.82, 2.24) is 34.4 Å². The quantitative estimate of drug-likeness (QED) is 0.600. The van der Waals surface area contributed by atoms with Crippen molar-refractivity contribution in [1.29, 1.82) is 0 Å². The molecule has 0 spiro atoms. The Kier molecular flexibility index (Phi) is 6.34. The number of anilines is 1. The number of hydrogen-bond acceptors (Lipinski definition) is 7. The largest absolute Gasteiger partial charge is 0.356 e. The Morgan fingerprint density at radius 2 is 2.06 bits per heavy atom. The van der Waals surface area contributed by atoms with Crippen LogP contribution in [-0.4, -0.2) is 54.6 Å². The molecule has 1 unspecified atom stereocenters. The van der Waals surface area contributed by atoms with Crippen LogP contribution in [0.15, 0.2) is 48.3 Å². The molecule has 1 saturated heterocycles. The molecule has 3 aromatic heterocycles. The third-order valence-corrected chi connectivity index (χ3v) is 5.47. The molecule has 0 aromatic carbocycles. The predicted octanol–water partition coefficient (Wildman–Crippen LogP) is 0.814. The zero-order valence-corrected chi connectivity index (χ0v) is 17.5. The van der Waals surface area contributed by atoms with Gasteiger partial charge in [0.05, 0.1) is 12.2 Å². The Labute approximate surface area is 180 Å². The second-order valence-corrected chi connectivity index (χ2v) is 7.55. The second kappa shape index (κ2) is 9.50. The van der Waals surface area contributed by atoms with Gasteiger partial charge in [-0.3, -0.25) is 18.7 Å². The monoisotopic (exact) mass is 422 g/mol. The highest BCUT2D eigenvalue weighted by atomic mass is 16.2. The minimum Gasteiger partial charge on any atom is -0.356 e. The molecule has 0 saturated carbocycles. The van der Waals surface area contributed by atoms with E-state index in [4.69, 9.17) is 0 Å². The van der Waals surface area contributed by atoms with Crippen LogP contribution in [0.4, 0.5) is 5.82 Å². The van der Waals surface area contributed by atoms with E-state index in [0.717, 1.165) is 43.1 Å². The van der Waals surface area contributed by atoms with E-state index < -0.39 is 0 Å². The fourth-order valence-electron chi connectivity index (χ4n) is 3.71. The highest BCUT2D eigenvalue weighted by molar-refractivity contribution is 5.79. The number of hydrogen-bond donors (Lipinski definition) is 1. The molecule has 162 valence electrons. The number of amides is 1. The van der Waals surface area contributed by atoms with Crippen LogP contribution in [-0.2, 0) is 17.8 Å². The Morgan fingerprint density at radius 1 is 1.19 bits per heavy atom. The van der Waals surface area contributed by atoms with Gasteiger partial charge in [0.25, 0.3) is 5.56 Å². The van der Waals surface area contributed by atoms with Gasteiger partial charge in [0.1, 0.15) is 24.3 Å². The number of aryl methyl sites for hydroxylation is 1. The smallest absolute Gasteiger partial charge is 0.253 e. The maximum atomic E-state index is 12.7. The molecule has 0 bridgehead atoms. The van der Waals surface area contributed by atoms with Gasteiger partial charge in [-0.25, -0.2) is 19.9 Å². The summed E-state index contributed by atoms with van der Waals surface area (Å²) in [5.74, 6) is 1.41. The zero-order chi connectivity index (χ0) is 21.6. The molecule has 1 atom stereocenters. The Bertz CT molecular complexity index is 1080. The van der Waals surface area contributed by atoms with Crippen molar-refractivity contribution in [3.63, 3.8) is 0 Å².